The molecular formula is C19H27NO5S. The third-order valence-electron chi connectivity index (χ3n) is 3.94. The summed E-state index contributed by atoms with van der Waals surface area (Å²) >= 11 is 1.44. The minimum absolute atomic E-state index is 0.0804. The monoisotopic (exact) mass is 381 g/mol. The molecule has 2 atom stereocenters. The lowest BCUT2D eigenvalue weighted by atomic mass is 10.1. The minimum atomic E-state index is -0.910. The van der Waals surface area contributed by atoms with Gasteiger partial charge in [0.15, 0.2) is 0 Å². The molecule has 2 rings (SSSR count). The second kappa shape index (κ2) is 7.88. The van der Waals surface area contributed by atoms with Gasteiger partial charge >= 0.3 is 12.1 Å². The number of carbonyl (C=O) groups excluding carboxylic acids is 1. The van der Waals surface area contributed by atoms with E-state index in [4.69, 9.17) is 9.47 Å². The molecular weight excluding hydrogens is 354 g/mol. The normalized spacial score (nSPS) is 20.7. The first-order valence-corrected chi connectivity index (χ1v) is 9.47. The molecule has 0 spiro atoms. The van der Waals surface area contributed by atoms with Crippen LogP contribution in [0, 0.1) is 0 Å². The smallest absolute Gasteiger partial charge is 0.412 e. The topological polar surface area (TPSA) is 76.1 Å². The molecule has 1 amide bonds. The molecule has 0 aliphatic carbocycles. The molecule has 144 valence electrons. The number of amides is 1. The Morgan fingerprint density at radius 1 is 1.35 bits per heavy atom. The number of benzene rings is 1. The molecule has 0 saturated carbocycles. The molecule has 26 heavy (non-hydrogen) atoms. The third kappa shape index (κ3) is 5.38. The zero-order valence-electron chi connectivity index (χ0n) is 15.9. The molecule has 1 N–H and O–H groups in total. The average Bonchev–Trinajstić information content (AvgIpc) is 2.81. The SMILES string of the molecule is CC(C)(C)OC(=O)N1C(C(CC(=O)O)Sc2ccccc2)COC1(C)C. The standard InChI is InChI=1S/C19H27NO5S/c1-18(2,3)25-17(23)20-14(12-24-19(20,4)5)15(11-16(21)22)26-13-9-7-6-8-10-13/h6-10,14-15H,11-12H2,1-5H3,(H,21,22). The second-order valence-corrected chi connectivity index (χ2v) is 9.06. The molecule has 6 nitrogen and oxygen atoms in total. The van der Waals surface area contributed by atoms with Crippen molar-refractivity contribution in [2.45, 2.75) is 68.6 Å². The lowest BCUT2D eigenvalue weighted by Gasteiger charge is -2.37. The molecule has 1 fully saturated rings. The summed E-state index contributed by atoms with van der Waals surface area (Å²) in [6.45, 7) is 9.26. The summed E-state index contributed by atoms with van der Waals surface area (Å²) < 4.78 is 11.4. The van der Waals surface area contributed by atoms with E-state index in [1.165, 1.54) is 11.8 Å². The van der Waals surface area contributed by atoms with Crippen molar-refractivity contribution in [3.05, 3.63) is 30.3 Å². The Bertz CT molecular complexity index is 641. The summed E-state index contributed by atoms with van der Waals surface area (Å²) in [6, 6.07) is 9.17. The molecule has 1 aromatic carbocycles. The van der Waals surface area contributed by atoms with E-state index in [2.05, 4.69) is 0 Å². The van der Waals surface area contributed by atoms with Crippen LogP contribution in [0.25, 0.3) is 0 Å². The van der Waals surface area contributed by atoms with Crippen molar-refractivity contribution in [3.8, 4) is 0 Å². The third-order valence-corrected chi connectivity index (χ3v) is 5.27. The Morgan fingerprint density at radius 2 is 1.96 bits per heavy atom. The Labute approximate surface area is 158 Å². The predicted molar refractivity (Wildman–Crippen MR) is 100 cm³/mol. The van der Waals surface area contributed by atoms with Crippen LogP contribution in [0.1, 0.15) is 41.0 Å². The molecule has 1 aromatic rings. The maximum atomic E-state index is 12.8. The number of carboxylic acids is 1. The number of aliphatic carboxylic acids is 1. The van der Waals surface area contributed by atoms with E-state index in [9.17, 15) is 14.7 Å². The summed E-state index contributed by atoms with van der Waals surface area (Å²) in [7, 11) is 0. The number of nitrogens with zero attached hydrogens (tertiary/aromatic N) is 1. The number of rotatable bonds is 5. The number of thioether (sulfide) groups is 1. The molecule has 1 aliphatic heterocycles. The summed E-state index contributed by atoms with van der Waals surface area (Å²) in [5, 5.41) is 9.02. The Morgan fingerprint density at radius 3 is 2.50 bits per heavy atom. The van der Waals surface area contributed by atoms with Gasteiger partial charge in [-0.1, -0.05) is 18.2 Å². The van der Waals surface area contributed by atoms with Crippen molar-refractivity contribution in [1.82, 2.24) is 4.90 Å². The molecule has 1 heterocycles. The van der Waals surface area contributed by atoms with Gasteiger partial charge < -0.3 is 14.6 Å². The minimum Gasteiger partial charge on any atom is -0.481 e. The lowest BCUT2D eigenvalue weighted by Crippen LogP contribution is -2.53. The Hall–Kier alpha value is -1.73. The first-order valence-electron chi connectivity index (χ1n) is 8.59. The van der Waals surface area contributed by atoms with E-state index < -0.39 is 29.4 Å². The van der Waals surface area contributed by atoms with Crippen molar-refractivity contribution < 1.29 is 24.2 Å². The number of ether oxygens (including phenoxy) is 2. The number of carboxylic acid groups (broad SMARTS) is 1. The fourth-order valence-corrected chi connectivity index (χ4v) is 4.12. The summed E-state index contributed by atoms with van der Waals surface area (Å²) in [5.74, 6) is -0.910. The van der Waals surface area contributed by atoms with Crippen LogP contribution in [0.5, 0.6) is 0 Å². The first-order chi connectivity index (χ1) is 12.0. The number of carbonyl (C=O) groups is 2. The van der Waals surface area contributed by atoms with E-state index in [1.54, 1.807) is 39.5 Å². The molecule has 1 saturated heterocycles. The fourth-order valence-electron chi connectivity index (χ4n) is 2.87. The molecule has 7 heteroatoms. The summed E-state index contributed by atoms with van der Waals surface area (Å²) in [6.07, 6.45) is -0.572. The quantitative estimate of drug-likeness (QED) is 0.777. The van der Waals surface area contributed by atoms with Crippen LogP contribution in [-0.4, -0.2) is 51.3 Å². The van der Waals surface area contributed by atoms with E-state index in [0.29, 0.717) is 0 Å². The fraction of sp³-hybridized carbons (Fsp3) is 0.579. The highest BCUT2D eigenvalue weighted by Crippen LogP contribution is 2.38. The van der Waals surface area contributed by atoms with Crippen molar-refractivity contribution in [2.24, 2.45) is 0 Å². The van der Waals surface area contributed by atoms with Gasteiger partial charge in [-0.15, -0.1) is 11.8 Å². The van der Waals surface area contributed by atoms with Gasteiger partial charge in [0.25, 0.3) is 0 Å². The highest BCUT2D eigenvalue weighted by molar-refractivity contribution is 8.00. The molecule has 0 aromatic heterocycles. The van der Waals surface area contributed by atoms with Crippen LogP contribution in [0.3, 0.4) is 0 Å². The van der Waals surface area contributed by atoms with Gasteiger partial charge in [0, 0.05) is 10.1 Å². The van der Waals surface area contributed by atoms with Crippen LogP contribution in [0.2, 0.25) is 0 Å². The summed E-state index contributed by atoms with van der Waals surface area (Å²) in [5.41, 5.74) is -1.50. The molecule has 2 unspecified atom stereocenters. The van der Waals surface area contributed by atoms with Crippen molar-refractivity contribution in [3.63, 3.8) is 0 Å². The zero-order chi connectivity index (χ0) is 19.5. The lowest BCUT2D eigenvalue weighted by molar-refractivity contribution is -0.137. The van der Waals surface area contributed by atoms with Crippen molar-refractivity contribution in [1.29, 1.82) is 0 Å². The van der Waals surface area contributed by atoms with Crippen LogP contribution >= 0.6 is 11.8 Å². The van der Waals surface area contributed by atoms with Gasteiger partial charge in [0.05, 0.1) is 19.1 Å². The van der Waals surface area contributed by atoms with Gasteiger partial charge in [-0.05, 0) is 46.8 Å². The van der Waals surface area contributed by atoms with Crippen LogP contribution < -0.4 is 0 Å². The largest absolute Gasteiger partial charge is 0.481 e. The molecule has 1 aliphatic rings. The van der Waals surface area contributed by atoms with Gasteiger partial charge in [0.1, 0.15) is 11.3 Å². The summed E-state index contributed by atoms with van der Waals surface area (Å²) in [4.78, 5) is 26.7. The van der Waals surface area contributed by atoms with Crippen LogP contribution in [-0.2, 0) is 14.3 Å². The highest BCUT2D eigenvalue weighted by Gasteiger charge is 2.49. The van der Waals surface area contributed by atoms with E-state index in [1.807, 2.05) is 30.3 Å². The Balaban J connectivity index is 2.28. The van der Waals surface area contributed by atoms with Gasteiger partial charge in [-0.3, -0.25) is 9.69 Å². The zero-order valence-corrected chi connectivity index (χ0v) is 16.7. The highest BCUT2D eigenvalue weighted by atomic mass is 32.2. The van der Waals surface area contributed by atoms with Gasteiger partial charge in [-0.2, -0.15) is 0 Å². The van der Waals surface area contributed by atoms with E-state index >= 15 is 0 Å². The van der Waals surface area contributed by atoms with Crippen LogP contribution in [0.15, 0.2) is 35.2 Å². The van der Waals surface area contributed by atoms with Crippen LogP contribution in [0.4, 0.5) is 4.79 Å². The number of hydrogen-bond acceptors (Lipinski definition) is 5. The average molecular weight is 381 g/mol. The van der Waals surface area contributed by atoms with Crippen molar-refractivity contribution in [2.75, 3.05) is 6.61 Å². The van der Waals surface area contributed by atoms with E-state index in [0.717, 1.165) is 4.90 Å². The van der Waals surface area contributed by atoms with Crippen molar-refractivity contribution >= 4 is 23.8 Å². The first kappa shape index (κ1) is 20.6. The number of hydrogen-bond donors (Lipinski definition) is 1. The Kier molecular flexibility index (Phi) is 6.24. The second-order valence-electron chi connectivity index (χ2n) is 7.74. The van der Waals surface area contributed by atoms with Gasteiger partial charge in [-0.25, -0.2) is 4.79 Å². The maximum absolute atomic E-state index is 12.8. The van der Waals surface area contributed by atoms with Gasteiger partial charge in [0.2, 0.25) is 0 Å². The molecule has 0 bridgehead atoms. The molecule has 0 radical (unpaired) electrons. The maximum Gasteiger partial charge on any atom is 0.412 e. The van der Waals surface area contributed by atoms with E-state index in [-0.39, 0.29) is 18.3 Å². The predicted octanol–water partition coefficient (Wildman–Crippen LogP) is 3.99.